The molecule has 5 heteroatoms. The zero-order valence-corrected chi connectivity index (χ0v) is 19.5. The van der Waals surface area contributed by atoms with Crippen LogP contribution in [0.1, 0.15) is 30.3 Å². The van der Waals surface area contributed by atoms with Crippen LogP contribution in [0.2, 0.25) is 0 Å². The molecule has 0 N–H and O–H groups in total. The third kappa shape index (κ3) is 4.64. The first-order valence-corrected chi connectivity index (χ1v) is 12.8. The summed E-state index contributed by atoms with van der Waals surface area (Å²) in [7, 11) is 0. The van der Waals surface area contributed by atoms with Gasteiger partial charge >= 0.3 is 0 Å². The summed E-state index contributed by atoms with van der Waals surface area (Å²) in [5, 5.41) is 2.72. The molecule has 1 unspecified atom stereocenters. The van der Waals surface area contributed by atoms with Gasteiger partial charge in [-0.3, -0.25) is 9.80 Å². The second kappa shape index (κ2) is 9.68. The Hall–Kier alpha value is -1.95. The number of hydrogen-bond donors (Lipinski definition) is 0. The van der Waals surface area contributed by atoms with Gasteiger partial charge in [0.05, 0.1) is 11.2 Å². The molecular weight excluding hydrogens is 400 g/mol. The lowest BCUT2D eigenvalue weighted by molar-refractivity contribution is 0.146. The number of thiazole rings is 1. The van der Waals surface area contributed by atoms with Crippen LogP contribution < -0.4 is 4.90 Å². The highest BCUT2D eigenvalue weighted by molar-refractivity contribution is 7.09. The van der Waals surface area contributed by atoms with E-state index in [-0.39, 0.29) is 0 Å². The quantitative estimate of drug-likeness (QED) is 0.538. The average Bonchev–Trinajstić information content (AvgIpc) is 3.30. The summed E-state index contributed by atoms with van der Waals surface area (Å²) in [5.74, 6) is 0. The first-order valence-electron chi connectivity index (χ1n) is 11.9. The molecule has 1 saturated heterocycles. The molecule has 31 heavy (non-hydrogen) atoms. The molecule has 1 aliphatic heterocycles. The second-order valence-electron chi connectivity index (χ2n) is 8.98. The number of hydrogen-bond acceptors (Lipinski definition) is 5. The minimum Gasteiger partial charge on any atom is -0.368 e. The molecule has 1 aromatic heterocycles. The van der Waals surface area contributed by atoms with E-state index < -0.39 is 0 Å². The highest BCUT2D eigenvalue weighted by atomic mass is 32.1. The lowest BCUT2D eigenvalue weighted by atomic mass is 9.96. The summed E-state index contributed by atoms with van der Waals surface area (Å²) in [4.78, 5) is 14.1. The predicted octanol–water partition coefficient (Wildman–Crippen LogP) is 4.69. The number of piperazine rings is 1. The van der Waals surface area contributed by atoms with Crippen LogP contribution in [-0.2, 0) is 12.8 Å². The number of rotatable bonds is 7. The van der Waals surface area contributed by atoms with Crippen molar-refractivity contribution in [1.29, 1.82) is 0 Å². The third-order valence-electron chi connectivity index (χ3n) is 7.07. The molecule has 1 aliphatic carbocycles. The Balaban J connectivity index is 1.16. The maximum atomic E-state index is 4.55. The first kappa shape index (κ1) is 20.9. The van der Waals surface area contributed by atoms with Gasteiger partial charge in [0, 0.05) is 61.3 Å². The van der Waals surface area contributed by atoms with E-state index in [9.17, 15) is 0 Å². The summed E-state index contributed by atoms with van der Waals surface area (Å²) in [6.07, 6.45) is 4.87. The van der Waals surface area contributed by atoms with Crippen LogP contribution in [-0.4, -0.2) is 66.6 Å². The third-order valence-corrected chi connectivity index (χ3v) is 7.97. The van der Waals surface area contributed by atoms with E-state index >= 15 is 0 Å². The molecule has 2 heterocycles. The Kier molecular flexibility index (Phi) is 6.53. The first-order chi connectivity index (χ1) is 15.3. The van der Waals surface area contributed by atoms with E-state index in [1.807, 2.05) is 16.8 Å². The van der Waals surface area contributed by atoms with Gasteiger partial charge in [-0.25, -0.2) is 4.98 Å². The summed E-state index contributed by atoms with van der Waals surface area (Å²) >= 11 is 1.86. The molecule has 0 amide bonds. The number of fused-ring (bicyclic) bond motifs is 2. The van der Waals surface area contributed by atoms with Gasteiger partial charge in [-0.2, -0.15) is 0 Å². The maximum absolute atomic E-state index is 4.55. The number of benzene rings is 2. The molecule has 164 valence electrons. The Labute approximate surface area is 190 Å². The molecule has 3 aromatic rings. The minimum atomic E-state index is 0.699. The Morgan fingerprint density at radius 3 is 2.74 bits per heavy atom. The van der Waals surface area contributed by atoms with Crippen molar-refractivity contribution in [2.75, 3.05) is 50.7 Å². The normalized spacial score (nSPS) is 19.8. The van der Waals surface area contributed by atoms with Crippen molar-refractivity contribution < 1.29 is 0 Å². The lowest BCUT2D eigenvalue weighted by Gasteiger charge is -2.39. The summed E-state index contributed by atoms with van der Waals surface area (Å²) < 4.78 is 0. The molecule has 1 fully saturated rings. The van der Waals surface area contributed by atoms with Crippen LogP contribution in [0.3, 0.4) is 0 Å². The van der Waals surface area contributed by atoms with E-state index in [0.29, 0.717) is 6.04 Å². The molecule has 0 saturated carbocycles. The lowest BCUT2D eigenvalue weighted by Crippen LogP contribution is -2.50. The summed E-state index contributed by atoms with van der Waals surface area (Å²) in [6, 6.07) is 16.2. The largest absolute Gasteiger partial charge is 0.368 e. The highest BCUT2D eigenvalue weighted by Crippen LogP contribution is 2.28. The van der Waals surface area contributed by atoms with E-state index in [4.69, 9.17) is 0 Å². The van der Waals surface area contributed by atoms with Crippen molar-refractivity contribution in [2.24, 2.45) is 0 Å². The van der Waals surface area contributed by atoms with Crippen molar-refractivity contribution in [3.05, 3.63) is 58.5 Å². The Morgan fingerprint density at radius 1 is 1.03 bits per heavy atom. The number of aryl methyl sites for hydroxylation is 1. The van der Waals surface area contributed by atoms with Crippen LogP contribution in [0.15, 0.2) is 48.0 Å². The van der Waals surface area contributed by atoms with Gasteiger partial charge in [0.15, 0.2) is 0 Å². The maximum Gasteiger partial charge on any atom is 0.0797 e. The van der Waals surface area contributed by atoms with Crippen molar-refractivity contribution in [3.8, 4) is 0 Å². The van der Waals surface area contributed by atoms with Gasteiger partial charge in [-0.15, -0.1) is 11.3 Å². The van der Waals surface area contributed by atoms with E-state index in [1.165, 1.54) is 65.9 Å². The molecule has 0 spiro atoms. The van der Waals surface area contributed by atoms with Gasteiger partial charge in [0.25, 0.3) is 0 Å². The molecule has 0 bridgehead atoms. The Bertz CT molecular complexity index is 986. The van der Waals surface area contributed by atoms with E-state index in [1.54, 1.807) is 0 Å². The smallest absolute Gasteiger partial charge is 0.0797 e. The minimum absolute atomic E-state index is 0.699. The average molecular weight is 435 g/mol. The molecule has 2 aliphatic rings. The predicted molar refractivity (Wildman–Crippen MR) is 132 cm³/mol. The fourth-order valence-corrected chi connectivity index (χ4v) is 6.21. The van der Waals surface area contributed by atoms with Gasteiger partial charge in [0.1, 0.15) is 0 Å². The molecule has 1 atom stereocenters. The zero-order chi connectivity index (χ0) is 21.0. The Morgan fingerprint density at radius 2 is 1.87 bits per heavy atom. The SMILES string of the molecule is CCCN(CCN1CCN(c2cccc3ccccc23)CC1)C1CCc2ncsc2C1. The molecular formula is C26H34N4S. The fourth-order valence-electron chi connectivity index (χ4n) is 5.33. The summed E-state index contributed by atoms with van der Waals surface area (Å²) in [5.41, 5.74) is 4.79. The monoisotopic (exact) mass is 434 g/mol. The zero-order valence-electron chi connectivity index (χ0n) is 18.7. The molecule has 0 radical (unpaired) electrons. The van der Waals surface area contributed by atoms with Crippen molar-refractivity contribution in [3.63, 3.8) is 0 Å². The number of nitrogens with zero attached hydrogens (tertiary/aromatic N) is 4. The molecule has 2 aromatic carbocycles. The topological polar surface area (TPSA) is 22.6 Å². The van der Waals surface area contributed by atoms with Crippen LogP contribution in [0.5, 0.6) is 0 Å². The van der Waals surface area contributed by atoms with Crippen LogP contribution in [0.25, 0.3) is 10.8 Å². The number of anilines is 1. The van der Waals surface area contributed by atoms with Gasteiger partial charge < -0.3 is 4.90 Å². The van der Waals surface area contributed by atoms with Gasteiger partial charge in [-0.1, -0.05) is 43.3 Å². The van der Waals surface area contributed by atoms with Crippen LogP contribution in [0.4, 0.5) is 5.69 Å². The van der Waals surface area contributed by atoms with Gasteiger partial charge in [-0.05, 0) is 43.7 Å². The number of aromatic nitrogens is 1. The fraction of sp³-hybridized carbons (Fsp3) is 0.500. The van der Waals surface area contributed by atoms with E-state index in [0.717, 1.165) is 32.6 Å². The van der Waals surface area contributed by atoms with Crippen molar-refractivity contribution in [2.45, 2.75) is 38.6 Å². The van der Waals surface area contributed by atoms with Crippen molar-refractivity contribution in [1.82, 2.24) is 14.8 Å². The molecule has 4 nitrogen and oxygen atoms in total. The standard InChI is InChI=1S/C26H34N4S/c1-2-12-29(22-10-11-24-26(19-22)31-20-27-24)16-13-28-14-17-30(18-15-28)25-9-5-7-21-6-3-4-8-23(21)25/h3-9,20,22H,2,10-19H2,1H3. The van der Waals surface area contributed by atoms with Crippen LogP contribution in [0, 0.1) is 0 Å². The molecule has 5 rings (SSSR count). The van der Waals surface area contributed by atoms with Gasteiger partial charge in [0.2, 0.25) is 0 Å². The summed E-state index contributed by atoms with van der Waals surface area (Å²) in [6.45, 7) is 10.5. The van der Waals surface area contributed by atoms with Crippen molar-refractivity contribution >= 4 is 27.8 Å². The van der Waals surface area contributed by atoms with Crippen LogP contribution >= 0.6 is 11.3 Å². The van der Waals surface area contributed by atoms with E-state index in [2.05, 4.69) is 69.1 Å². The second-order valence-corrected chi connectivity index (χ2v) is 9.92. The highest BCUT2D eigenvalue weighted by Gasteiger charge is 2.26.